The van der Waals surface area contributed by atoms with Gasteiger partial charge in [0, 0.05) is 18.7 Å². The van der Waals surface area contributed by atoms with E-state index in [4.69, 9.17) is 10.5 Å². The lowest BCUT2D eigenvalue weighted by molar-refractivity contribution is -0.116. The Hall–Kier alpha value is -3.12. The van der Waals surface area contributed by atoms with Gasteiger partial charge in [0.1, 0.15) is 30.2 Å². The van der Waals surface area contributed by atoms with Crippen molar-refractivity contribution >= 4 is 28.6 Å². The van der Waals surface area contributed by atoms with Gasteiger partial charge in [-0.3, -0.25) is 9.36 Å². The first-order valence-electron chi connectivity index (χ1n) is 13.1. The molecule has 1 aliphatic heterocycles. The molecule has 1 amide bonds. The Bertz CT molecular complexity index is 1220. The molecule has 3 aromatic rings. The third-order valence-electron chi connectivity index (χ3n) is 6.97. The third kappa shape index (κ3) is 6.47. The summed E-state index contributed by atoms with van der Waals surface area (Å²) in [5.41, 5.74) is 8.84. The molecule has 0 unspecified atom stereocenters. The molecule has 206 valence electrons. The summed E-state index contributed by atoms with van der Waals surface area (Å²) < 4.78 is 7.59. The van der Waals surface area contributed by atoms with Gasteiger partial charge in [0.15, 0.2) is 17.7 Å². The Morgan fingerprint density at radius 1 is 1.11 bits per heavy atom. The zero-order valence-electron chi connectivity index (χ0n) is 22.5. The number of ether oxygens (including phenoxy) is 1. The number of carbonyl (C=O) groups excluding carboxylic acids is 1. The van der Waals surface area contributed by atoms with Crippen molar-refractivity contribution in [1.82, 2.24) is 24.4 Å². The molecule has 1 fully saturated rings. The Balaban J connectivity index is 1.17. The number of hydrogen-bond acceptors (Lipinski definition) is 9. The van der Waals surface area contributed by atoms with Crippen molar-refractivity contribution in [3.05, 3.63) is 42.5 Å². The lowest BCUT2D eigenvalue weighted by Gasteiger charge is -2.22. The van der Waals surface area contributed by atoms with Gasteiger partial charge < -0.3 is 30.9 Å². The SMILES string of the molecule is CN(CCCCCC(=O)Nc1ccc(C(C)(C)C)cc1)C[C@H]1O[C@@H](n2cnc3c(N)ncnc32)[C@H](O)[C@@H]1O. The molecular formula is C27H39N7O4. The van der Waals surface area contributed by atoms with Gasteiger partial charge in [-0.15, -0.1) is 0 Å². The second-order valence-electron chi connectivity index (χ2n) is 11.1. The van der Waals surface area contributed by atoms with Crippen LogP contribution in [0.15, 0.2) is 36.9 Å². The highest BCUT2D eigenvalue weighted by Gasteiger charge is 2.44. The summed E-state index contributed by atoms with van der Waals surface area (Å²) in [7, 11) is 1.95. The zero-order chi connectivity index (χ0) is 27.4. The van der Waals surface area contributed by atoms with Gasteiger partial charge in [-0.1, -0.05) is 39.3 Å². The number of likely N-dealkylation sites (N-methyl/N-ethyl adjacent to an activating group) is 1. The molecule has 38 heavy (non-hydrogen) atoms. The number of amides is 1. The maximum absolute atomic E-state index is 12.3. The minimum absolute atomic E-state index is 0.0171. The van der Waals surface area contributed by atoms with Crippen molar-refractivity contribution in [3.8, 4) is 0 Å². The fourth-order valence-electron chi connectivity index (χ4n) is 4.69. The number of anilines is 2. The molecular weight excluding hydrogens is 486 g/mol. The predicted molar refractivity (Wildman–Crippen MR) is 145 cm³/mol. The highest BCUT2D eigenvalue weighted by molar-refractivity contribution is 5.90. The second kappa shape index (κ2) is 11.7. The van der Waals surface area contributed by atoms with Crippen LogP contribution in [0.3, 0.4) is 0 Å². The van der Waals surface area contributed by atoms with E-state index in [1.807, 2.05) is 19.2 Å². The minimum Gasteiger partial charge on any atom is -0.387 e. The number of rotatable bonds is 10. The van der Waals surface area contributed by atoms with Crippen LogP contribution in [0.1, 0.15) is 58.2 Å². The zero-order valence-corrected chi connectivity index (χ0v) is 22.5. The Morgan fingerprint density at radius 2 is 1.84 bits per heavy atom. The van der Waals surface area contributed by atoms with Crippen LogP contribution in [0.4, 0.5) is 11.5 Å². The van der Waals surface area contributed by atoms with Crippen molar-refractivity contribution in [2.75, 3.05) is 31.2 Å². The van der Waals surface area contributed by atoms with E-state index in [0.717, 1.165) is 31.5 Å². The van der Waals surface area contributed by atoms with Crippen molar-refractivity contribution in [2.45, 2.75) is 76.4 Å². The van der Waals surface area contributed by atoms with E-state index in [2.05, 4.69) is 58.1 Å². The molecule has 3 heterocycles. The quantitative estimate of drug-likeness (QED) is 0.293. The van der Waals surface area contributed by atoms with Crippen LogP contribution in [-0.4, -0.2) is 79.0 Å². The second-order valence-corrected chi connectivity index (χ2v) is 11.1. The van der Waals surface area contributed by atoms with Crippen LogP contribution in [0.25, 0.3) is 11.2 Å². The average molecular weight is 526 g/mol. The molecule has 0 bridgehead atoms. The number of aromatic nitrogens is 4. The fourth-order valence-corrected chi connectivity index (χ4v) is 4.69. The van der Waals surface area contributed by atoms with E-state index >= 15 is 0 Å². The minimum atomic E-state index is -1.13. The number of aliphatic hydroxyl groups excluding tert-OH is 2. The molecule has 0 radical (unpaired) electrons. The van der Waals surface area contributed by atoms with Crippen LogP contribution in [-0.2, 0) is 14.9 Å². The maximum atomic E-state index is 12.3. The van der Waals surface area contributed by atoms with Gasteiger partial charge >= 0.3 is 0 Å². The van der Waals surface area contributed by atoms with E-state index in [-0.39, 0.29) is 17.1 Å². The van der Waals surface area contributed by atoms with Crippen LogP contribution in [0, 0.1) is 0 Å². The number of benzene rings is 1. The summed E-state index contributed by atoms with van der Waals surface area (Å²) in [4.78, 5) is 26.7. The number of imidazole rings is 1. The number of nitrogen functional groups attached to an aromatic ring is 1. The topological polar surface area (TPSA) is 152 Å². The Labute approximate surface area is 223 Å². The number of carbonyl (C=O) groups is 1. The molecule has 4 rings (SSSR count). The molecule has 0 aliphatic carbocycles. The van der Waals surface area contributed by atoms with Crippen molar-refractivity contribution in [1.29, 1.82) is 0 Å². The van der Waals surface area contributed by atoms with Gasteiger partial charge in [0.05, 0.1) is 6.33 Å². The molecule has 1 aliphatic rings. The third-order valence-corrected chi connectivity index (χ3v) is 6.97. The van der Waals surface area contributed by atoms with Gasteiger partial charge in [0.25, 0.3) is 0 Å². The molecule has 11 heteroatoms. The number of nitrogens with zero attached hydrogens (tertiary/aromatic N) is 5. The summed E-state index contributed by atoms with van der Waals surface area (Å²) in [6.07, 6.45) is 2.29. The lowest BCUT2D eigenvalue weighted by Crippen LogP contribution is -2.38. The van der Waals surface area contributed by atoms with E-state index in [9.17, 15) is 15.0 Å². The summed E-state index contributed by atoms with van der Waals surface area (Å²) in [6, 6.07) is 8.01. The summed E-state index contributed by atoms with van der Waals surface area (Å²) in [5.74, 6) is 0.258. The monoisotopic (exact) mass is 525 g/mol. The lowest BCUT2D eigenvalue weighted by atomic mass is 9.87. The van der Waals surface area contributed by atoms with E-state index in [0.29, 0.717) is 24.1 Å². The summed E-state index contributed by atoms with van der Waals surface area (Å²) >= 11 is 0. The summed E-state index contributed by atoms with van der Waals surface area (Å²) in [5, 5.41) is 24.2. The molecule has 4 atom stereocenters. The number of nitrogens with one attached hydrogen (secondary N) is 1. The highest BCUT2D eigenvalue weighted by Crippen LogP contribution is 2.32. The normalized spacial score (nSPS) is 21.9. The van der Waals surface area contributed by atoms with Crippen LogP contribution in [0.2, 0.25) is 0 Å². The van der Waals surface area contributed by atoms with Gasteiger partial charge in [-0.05, 0) is 49.5 Å². The van der Waals surface area contributed by atoms with Crippen LogP contribution >= 0.6 is 0 Å². The molecule has 1 saturated heterocycles. The number of fused-ring (bicyclic) bond motifs is 1. The molecule has 1 aromatic carbocycles. The number of nitrogens with two attached hydrogens (primary N) is 1. The largest absolute Gasteiger partial charge is 0.387 e. The standard InChI is InChI=1S/C27H39N7O4/c1-27(2,3)17-9-11-18(12-10-17)32-20(35)8-6-5-7-13-33(4)14-19-22(36)23(37)26(38-19)34-16-31-21-24(28)29-15-30-25(21)34/h9-12,15-16,19,22-23,26,36-37H,5-8,13-14H2,1-4H3,(H,32,35)(H2,28,29,30)/t19-,22-,23-,26-/m1/s1. The Morgan fingerprint density at radius 3 is 2.55 bits per heavy atom. The first-order chi connectivity index (χ1) is 18.0. The molecule has 11 nitrogen and oxygen atoms in total. The van der Waals surface area contributed by atoms with Crippen LogP contribution in [0.5, 0.6) is 0 Å². The van der Waals surface area contributed by atoms with Gasteiger partial charge in [-0.2, -0.15) is 0 Å². The average Bonchev–Trinajstić information content (AvgIpc) is 3.41. The van der Waals surface area contributed by atoms with Crippen molar-refractivity contribution in [2.24, 2.45) is 0 Å². The first-order valence-corrected chi connectivity index (χ1v) is 13.1. The Kier molecular flexibility index (Phi) is 8.61. The molecule has 5 N–H and O–H groups in total. The number of unbranched alkanes of at least 4 members (excludes halogenated alkanes) is 2. The molecule has 2 aromatic heterocycles. The van der Waals surface area contributed by atoms with Crippen molar-refractivity contribution in [3.63, 3.8) is 0 Å². The van der Waals surface area contributed by atoms with Gasteiger partial charge in [0.2, 0.25) is 5.91 Å². The van der Waals surface area contributed by atoms with E-state index in [1.54, 1.807) is 4.57 Å². The van der Waals surface area contributed by atoms with Crippen molar-refractivity contribution < 1.29 is 19.7 Å². The summed E-state index contributed by atoms with van der Waals surface area (Å²) in [6.45, 7) is 7.72. The maximum Gasteiger partial charge on any atom is 0.224 e. The van der Waals surface area contributed by atoms with E-state index in [1.165, 1.54) is 18.2 Å². The number of aliphatic hydroxyl groups is 2. The first kappa shape index (κ1) is 27.9. The van der Waals surface area contributed by atoms with Crippen LogP contribution < -0.4 is 11.1 Å². The fraction of sp³-hybridized carbons (Fsp3) is 0.556. The molecule has 0 saturated carbocycles. The highest BCUT2D eigenvalue weighted by atomic mass is 16.6. The van der Waals surface area contributed by atoms with Gasteiger partial charge in [-0.25, -0.2) is 15.0 Å². The molecule has 0 spiro atoms. The van der Waals surface area contributed by atoms with E-state index < -0.39 is 24.5 Å². The number of hydrogen-bond donors (Lipinski definition) is 4. The smallest absolute Gasteiger partial charge is 0.224 e. The predicted octanol–water partition coefficient (Wildman–Crippen LogP) is 2.46.